The molecule has 2 aromatic carbocycles. The van der Waals surface area contributed by atoms with Crippen molar-refractivity contribution in [2.45, 2.75) is 51.8 Å². The molecule has 3 aromatic rings. The fraction of sp³-hybridized carbons (Fsp3) is 0.379. The number of thiophene rings is 1. The van der Waals surface area contributed by atoms with E-state index >= 15 is 0 Å². The molecule has 2 heterocycles. The number of ether oxygens (including phenoxy) is 1. The number of rotatable bonds is 10. The summed E-state index contributed by atoms with van der Waals surface area (Å²) in [6, 6.07) is 21.6. The molecular weight excluding hydrogens is 470 g/mol. The van der Waals surface area contributed by atoms with Gasteiger partial charge in [-0.3, -0.25) is 4.79 Å². The largest absolute Gasteiger partial charge is 0.376 e. The van der Waals surface area contributed by atoms with Crippen molar-refractivity contribution < 1.29 is 14.3 Å². The second kappa shape index (κ2) is 12.7. The fourth-order valence-corrected chi connectivity index (χ4v) is 5.02. The van der Waals surface area contributed by atoms with Gasteiger partial charge >= 0.3 is 6.03 Å². The summed E-state index contributed by atoms with van der Waals surface area (Å²) in [5, 5.41) is 5.00. The summed E-state index contributed by atoms with van der Waals surface area (Å²) in [4.78, 5) is 31.5. The van der Waals surface area contributed by atoms with Gasteiger partial charge in [-0.25, -0.2) is 4.79 Å². The van der Waals surface area contributed by atoms with Crippen LogP contribution in [0.4, 0.5) is 10.5 Å². The first-order valence-corrected chi connectivity index (χ1v) is 13.5. The van der Waals surface area contributed by atoms with E-state index in [0.717, 1.165) is 23.3 Å². The molecule has 0 saturated carbocycles. The monoisotopic (exact) mass is 505 g/mol. The number of carbonyl (C=O) groups excluding carboxylic acids is 2. The Bertz CT molecular complexity index is 1090. The van der Waals surface area contributed by atoms with Crippen molar-refractivity contribution in [3.8, 4) is 0 Å². The number of benzene rings is 2. The first-order chi connectivity index (χ1) is 17.5. The van der Waals surface area contributed by atoms with Crippen molar-refractivity contribution in [3.05, 3.63) is 88.1 Å². The molecule has 190 valence electrons. The zero-order valence-corrected chi connectivity index (χ0v) is 21.9. The van der Waals surface area contributed by atoms with E-state index in [9.17, 15) is 9.59 Å². The van der Waals surface area contributed by atoms with Gasteiger partial charge in [-0.1, -0.05) is 62.4 Å². The number of hydrogen-bond donors (Lipinski definition) is 1. The molecule has 1 saturated heterocycles. The summed E-state index contributed by atoms with van der Waals surface area (Å²) in [7, 11) is 0. The molecule has 0 aliphatic carbocycles. The van der Waals surface area contributed by atoms with Crippen LogP contribution in [0, 0.1) is 0 Å². The normalized spacial score (nSPS) is 15.1. The summed E-state index contributed by atoms with van der Waals surface area (Å²) >= 11 is 1.63. The maximum absolute atomic E-state index is 13.6. The smallest absolute Gasteiger partial charge is 0.322 e. The average Bonchev–Trinajstić information content (AvgIpc) is 3.59. The van der Waals surface area contributed by atoms with Gasteiger partial charge in [0.1, 0.15) is 6.54 Å². The Kier molecular flexibility index (Phi) is 9.14. The summed E-state index contributed by atoms with van der Waals surface area (Å²) < 4.78 is 5.80. The van der Waals surface area contributed by atoms with Crippen LogP contribution in [0.2, 0.25) is 0 Å². The first-order valence-electron chi connectivity index (χ1n) is 12.6. The molecule has 1 atom stereocenters. The Morgan fingerprint density at radius 2 is 1.78 bits per heavy atom. The van der Waals surface area contributed by atoms with Crippen molar-refractivity contribution >= 4 is 29.0 Å². The Morgan fingerprint density at radius 3 is 2.42 bits per heavy atom. The number of nitrogens with zero attached hydrogens (tertiary/aromatic N) is 2. The quantitative estimate of drug-likeness (QED) is 0.361. The van der Waals surface area contributed by atoms with Gasteiger partial charge < -0.3 is 19.9 Å². The van der Waals surface area contributed by atoms with Crippen LogP contribution >= 0.6 is 11.3 Å². The van der Waals surface area contributed by atoms with E-state index in [1.165, 1.54) is 5.56 Å². The maximum atomic E-state index is 13.6. The highest BCUT2D eigenvalue weighted by Gasteiger charge is 2.27. The van der Waals surface area contributed by atoms with Gasteiger partial charge in [0, 0.05) is 30.3 Å². The molecular formula is C29H35N3O3S. The van der Waals surface area contributed by atoms with E-state index < -0.39 is 0 Å². The molecule has 6 nitrogen and oxygen atoms in total. The number of amides is 3. The van der Waals surface area contributed by atoms with E-state index in [1.54, 1.807) is 16.2 Å². The Balaban J connectivity index is 1.49. The first kappa shape index (κ1) is 25.9. The van der Waals surface area contributed by atoms with Crippen molar-refractivity contribution in [3.63, 3.8) is 0 Å². The predicted octanol–water partition coefficient (Wildman–Crippen LogP) is 6.11. The molecule has 0 radical (unpaired) electrons. The Labute approximate surface area is 217 Å². The zero-order chi connectivity index (χ0) is 25.3. The molecule has 1 N–H and O–H groups in total. The molecule has 1 aliphatic heterocycles. The lowest BCUT2D eigenvalue weighted by atomic mass is 10.0. The molecule has 1 fully saturated rings. The number of anilines is 1. The van der Waals surface area contributed by atoms with Gasteiger partial charge in [0.2, 0.25) is 5.91 Å². The van der Waals surface area contributed by atoms with Gasteiger partial charge in [-0.2, -0.15) is 0 Å². The zero-order valence-electron chi connectivity index (χ0n) is 21.1. The molecule has 1 aliphatic rings. The van der Waals surface area contributed by atoms with Crippen LogP contribution < -0.4 is 5.32 Å². The Hall–Kier alpha value is -3.16. The van der Waals surface area contributed by atoms with Crippen LogP contribution in [0.25, 0.3) is 0 Å². The van der Waals surface area contributed by atoms with E-state index in [0.29, 0.717) is 37.8 Å². The second-order valence-corrected chi connectivity index (χ2v) is 10.6. The molecule has 1 aromatic heterocycles. The minimum atomic E-state index is -0.285. The van der Waals surface area contributed by atoms with Gasteiger partial charge in [0.05, 0.1) is 12.6 Å². The van der Waals surface area contributed by atoms with Crippen LogP contribution in [0.15, 0.2) is 72.1 Å². The molecule has 36 heavy (non-hydrogen) atoms. The van der Waals surface area contributed by atoms with Crippen molar-refractivity contribution in [2.24, 2.45) is 0 Å². The average molecular weight is 506 g/mol. The second-order valence-electron chi connectivity index (χ2n) is 9.54. The topological polar surface area (TPSA) is 61.9 Å². The summed E-state index contributed by atoms with van der Waals surface area (Å²) in [5.74, 6) is 0.331. The van der Waals surface area contributed by atoms with Crippen LogP contribution in [0.3, 0.4) is 0 Å². The van der Waals surface area contributed by atoms with E-state index in [-0.39, 0.29) is 24.6 Å². The van der Waals surface area contributed by atoms with Crippen molar-refractivity contribution in [1.29, 1.82) is 0 Å². The molecule has 7 heteroatoms. The number of nitrogens with one attached hydrogen (secondary N) is 1. The third-order valence-electron chi connectivity index (χ3n) is 6.39. The predicted molar refractivity (Wildman–Crippen MR) is 145 cm³/mol. The van der Waals surface area contributed by atoms with Gasteiger partial charge in [-0.15, -0.1) is 11.3 Å². The highest BCUT2D eigenvalue weighted by molar-refractivity contribution is 7.09. The molecule has 4 rings (SSSR count). The van der Waals surface area contributed by atoms with Gasteiger partial charge in [-0.05, 0) is 53.5 Å². The lowest BCUT2D eigenvalue weighted by Gasteiger charge is -2.29. The SMILES string of the molecule is CC(C)c1ccc(NC(=O)N(CC(=O)N(Cc2ccccc2)Cc2cccs2)CC2CCCO2)cc1. The Morgan fingerprint density at radius 1 is 1.00 bits per heavy atom. The maximum Gasteiger partial charge on any atom is 0.322 e. The van der Waals surface area contributed by atoms with Crippen molar-refractivity contribution in [1.82, 2.24) is 9.80 Å². The molecule has 3 amide bonds. The molecule has 1 unspecified atom stereocenters. The third-order valence-corrected chi connectivity index (χ3v) is 7.25. The van der Waals surface area contributed by atoms with Crippen LogP contribution in [-0.2, 0) is 22.6 Å². The summed E-state index contributed by atoms with van der Waals surface area (Å²) in [6.45, 7) is 6.36. The summed E-state index contributed by atoms with van der Waals surface area (Å²) in [5.41, 5.74) is 2.99. The highest BCUT2D eigenvalue weighted by atomic mass is 32.1. The third kappa shape index (κ3) is 7.42. The molecule has 0 spiro atoms. The van der Waals surface area contributed by atoms with Crippen LogP contribution in [0.5, 0.6) is 0 Å². The highest BCUT2D eigenvalue weighted by Crippen LogP contribution is 2.20. The number of urea groups is 1. The minimum Gasteiger partial charge on any atom is -0.376 e. The number of carbonyl (C=O) groups is 2. The van der Waals surface area contributed by atoms with Gasteiger partial charge in [0.25, 0.3) is 0 Å². The van der Waals surface area contributed by atoms with E-state index in [4.69, 9.17) is 4.74 Å². The van der Waals surface area contributed by atoms with Crippen LogP contribution in [0.1, 0.15) is 48.6 Å². The van der Waals surface area contributed by atoms with Crippen LogP contribution in [-0.4, -0.2) is 47.5 Å². The minimum absolute atomic E-state index is 0.00597. The van der Waals surface area contributed by atoms with E-state index in [2.05, 4.69) is 19.2 Å². The summed E-state index contributed by atoms with van der Waals surface area (Å²) in [6.07, 6.45) is 1.82. The van der Waals surface area contributed by atoms with Crippen molar-refractivity contribution in [2.75, 3.05) is 25.0 Å². The van der Waals surface area contributed by atoms with Gasteiger partial charge in [0.15, 0.2) is 0 Å². The lowest BCUT2D eigenvalue weighted by Crippen LogP contribution is -2.46. The number of hydrogen-bond acceptors (Lipinski definition) is 4. The standard InChI is InChI=1S/C29H35N3O3S/c1-22(2)24-12-14-25(15-13-24)30-29(34)32(19-26-10-6-16-35-26)21-28(33)31(20-27-11-7-17-36-27)18-23-8-4-3-5-9-23/h3-5,7-9,11-15,17,22,26H,6,10,16,18-21H2,1-2H3,(H,30,34). The fourth-order valence-electron chi connectivity index (χ4n) is 4.30. The molecule has 0 bridgehead atoms. The lowest BCUT2D eigenvalue weighted by molar-refractivity contribution is -0.133. The van der Waals surface area contributed by atoms with E-state index in [1.807, 2.05) is 77.0 Å².